The van der Waals surface area contributed by atoms with Crippen LogP contribution in [0.15, 0.2) is 41.2 Å². The van der Waals surface area contributed by atoms with E-state index >= 15 is 0 Å². The summed E-state index contributed by atoms with van der Waals surface area (Å²) in [6.45, 7) is 5.13. The Morgan fingerprint density at radius 2 is 1.80 bits per heavy atom. The molecule has 4 rings (SSSR count). The number of rotatable bonds is 2. The standard InChI is InChI=1S/C18H20N4O2.ClH/c1-12-7-16(23)17(20-22(12)15-5-3-2-4-6-15)18(24)21-10-13-8-19-9-14(13)11-21;/h2-7,13-14,19H,8-11H2,1H3;1H/t13-,14+;. The highest BCUT2D eigenvalue weighted by atomic mass is 35.5. The van der Waals surface area contributed by atoms with E-state index in [0.717, 1.165) is 18.8 Å². The summed E-state index contributed by atoms with van der Waals surface area (Å²) in [6.07, 6.45) is 0. The predicted molar refractivity (Wildman–Crippen MR) is 97.6 cm³/mol. The third kappa shape index (κ3) is 3.19. The van der Waals surface area contributed by atoms with Crippen molar-refractivity contribution >= 4 is 18.3 Å². The molecular weight excluding hydrogens is 340 g/mol. The third-order valence-electron chi connectivity index (χ3n) is 4.99. The van der Waals surface area contributed by atoms with Gasteiger partial charge in [-0.2, -0.15) is 5.10 Å². The van der Waals surface area contributed by atoms with Crippen LogP contribution in [-0.4, -0.2) is 46.8 Å². The van der Waals surface area contributed by atoms with E-state index in [0.29, 0.717) is 30.6 Å². The second-order valence-corrected chi connectivity index (χ2v) is 6.63. The molecule has 2 atom stereocenters. The van der Waals surface area contributed by atoms with E-state index in [9.17, 15) is 9.59 Å². The van der Waals surface area contributed by atoms with Crippen molar-refractivity contribution < 1.29 is 4.79 Å². The zero-order chi connectivity index (χ0) is 16.7. The molecule has 0 aliphatic carbocycles. The topological polar surface area (TPSA) is 67.2 Å². The van der Waals surface area contributed by atoms with Crippen molar-refractivity contribution in [2.75, 3.05) is 26.2 Å². The first-order valence-corrected chi connectivity index (χ1v) is 8.30. The fourth-order valence-electron chi connectivity index (χ4n) is 3.70. The first-order valence-electron chi connectivity index (χ1n) is 8.30. The summed E-state index contributed by atoms with van der Waals surface area (Å²) in [5, 5.41) is 7.73. The average Bonchev–Trinajstić information content (AvgIpc) is 3.17. The summed E-state index contributed by atoms with van der Waals surface area (Å²) in [5.41, 5.74) is 1.26. The minimum atomic E-state index is -0.306. The van der Waals surface area contributed by atoms with Crippen molar-refractivity contribution in [1.29, 1.82) is 0 Å². The van der Waals surface area contributed by atoms with Gasteiger partial charge >= 0.3 is 0 Å². The maximum Gasteiger partial charge on any atom is 0.278 e. The van der Waals surface area contributed by atoms with Gasteiger partial charge < -0.3 is 10.2 Å². The maximum absolute atomic E-state index is 12.8. The summed E-state index contributed by atoms with van der Waals surface area (Å²) in [7, 11) is 0. The van der Waals surface area contributed by atoms with Crippen LogP contribution in [0.2, 0.25) is 0 Å². The number of nitrogens with zero attached hydrogens (tertiary/aromatic N) is 3. The van der Waals surface area contributed by atoms with E-state index in [1.54, 1.807) is 9.58 Å². The van der Waals surface area contributed by atoms with Gasteiger partial charge in [0.25, 0.3) is 5.91 Å². The van der Waals surface area contributed by atoms with E-state index in [2.05, 4.69) is 10.4 Å². The van der Waals surface area contributed by atoms with Gasteiger partial charge in [0.15, 0.2) is 5.69 Å². The van der Waals surface area contributed by atoms with Gasteiger partial charge in [-0.15, -0.1) is 12.4 Å². The number of hydrogen-bond acceptors (Lipinski definition) is 4. The number of aromatic nitrogens is 2. The molecule has 0 radical (unpaired) electrons. The summed E-state index contributed by atoms with van der Waals surface area (Å²) in [6, 6.07) is 11.0. The Morgan fingerprint density at radius 1 is 1.16 bits per heavy atom. The molecule has 2 fully saturated rings. The molecule has 1 aromatic carbocycles. The number of nitrogens with one attached hydrogen (secondary N) is 1. The molecule has 2 saturated heterocycles. The molecule has 2 aliphatic heterocycles. The van der Waals surface area contributed by atoms with Crippen LogP contribution in [-0.2, 0) is 0 Å². The number of halogens is 1. The monoisotopic (exact) mass is 360 g/mol. The van der Waals surface area contributed by atoms with Crippen LogP contribution in [0.5, 0.6) is 0 Å². The zero-order valence-corrected chi connectivity index (χ0v) is 14.8. The quantitative estimate of drug-likeness (QED) is 0.875. The van der Waals surface area contributed by atoms with Crippen molar-refractivity contribution in [2.45, 2.75) is 6.92 Å². The summed E-state index contributed by atoms with van der Waals surface area (Å²) >= 11 is 0. The van der Waals surface area contributed by atoms with Gasteiger partial charge in [0.1, 0.15) is 0 Å². The van der Waals surface area contributed by atoms with Crippen molar-refractivity contribution in [3.8, 4) is 5.69 Å². The number of carbonyl (C=O) groups is 1. The van der Waals surface area contributed by atoms with Crippen molar-refractivity contribution in [2.24, 2.45) is 11.8 Å². The number of fused-ring (bicyclic) bond motifs is 1. The molecule has 2 aromatic rings. The van der Waals surface area contributed by atoms with Crippen LogP contribution in [0, 0.1) is 18.8 Å². The second-order valence-electron chi connectivity index (χ2n) is 6.63. The summed E-state index contributed by atoms with van der Waals surface area (Å²) in [4.78, 5) is 26.9. The van der Waals surface area contributed by atoms with Gasteiger partial charge in [-0.1, -0.05) is 18.2 Å². The smallest absolute Gasteiger partial charge is 0.278 e. The highest BCUT2D eigenvalue weighted by molar-refractivity contribution is 5.92. The van der Waals surface area contributed by atoms with Crippen LogP contribution in [0.1, 0.15) is 16.2 Å². The second kappa shape index (κ2) is 6.98. The number of hydrogen-bond donors (Lipinski definition) is 1. The molecule has 0 bridgehead atoms. The molecule has 1 N–H and O–H groups in total. The Balaban J connectivity index is 0.00000182. The van der Waals surface area contributed by atoms with Crippen LogP contribution >= 0.6 is 12.4 Å². The number of benzene rings is 1. The number of para-hydroxylation sites is 1. The summed E-state index contributed by atoms with van der Waals surface area (Å²) in [5.74, 6) is 0.741. The van der Waals surface area contributed by atoms with Crippen molar-refractivity contribution in [1.82, 2.24) is 20.0 Å². The van der Waals surface area contributed by atoms with Crippen LogP contribution in [0.3, 0.4) is 0 Å². The Labute approximate surface area is 152 Å². The molecular formula is C18H21ClN4O2. The van der Waals surface area contributed by atoms with E-state index in [1.165, 1.54) is 6.07 Å². The lowest BCUT2D eigenvalue weighted by atomic mass is 10.0. The molecule has 132 valence electrons. The van der Waals surface area contributed by atoms with Gasteiger partial charge in [-0.05, 0) is 30.9 Å². The molecule has 7 heteroatoms. The van der Waals surface area contributed by atoms with E-state index in [4.69, 9.17) is 0 Å². The minimum Gasteiger partial charge on any atom is -0.336 e. The molecule has 25 heavy (non-hydrogen) atoms. The molecule has 6 nitrogen and oxygen atoms in total. The zero-order valence-electron chi connectivity index (χ0n) is 14.0. The predicted octanol–water partition coefficient (Wildman–Crippen LogP) is 1.25. The molecule has 3 heterocycles. The molecule has 2 aliphatic rings. The lowest BCUT2D eigenvalue weighted by Gasteiger charge is -2.18. The van der Waals surface area contributed by atoms with Crippen LogP contribution < -0.4 is 10.7 Å². The average molecular weight is 361 g/mol. The van der Waals surface area contributed by atoms with E-state index < -0.39 is 0 Å². The fourth-order valence-corrected chi connectivity index (χ4v) is 3.70. The van der Waals surface area contributed by atoms with Crippen molar-refractivity contribution in [3.63, 3.8) is 0 Å². The minimum absolute atomic E-state index is 0. The van der Waals surface area contributed by atoms with Gasteiger partial charge in [0, 0.05) is 37.9 Å². The fraction of sp³-hybridized carbons (Fsp3) is 0.389. The molecule has 1 aromatic heterocycles. The first kappa shape index (κ1) is 17.6. The van der Waals surface area contributed by atoms with E-state index in [1.807, 2.05) is 37.3 Å². The number of likely N-dealkylation sites (tertiary alicyclic amines) is 1. The van der Waals surface area contributed by atoms with Crippen molar-refractivity contribution in [3.05, 3.63) is 58.0 Å². The Kier molecular flexibility index (Phi) is 4.92. The highest BCUT2D eigenvalue weighted by Gasteiger charge is 2.39. The largest absolute Gasteiger partial charge is 0.336 e. The lowest BCUT2D eigenvalue weighted by molar-refractivity contribution is 0.0772. The van der Waals surface area contributed by atoms with Gasteiger partial charge in [0.05, 0.1) is 5.69 Å². The maximum atomic E-state index is 12.8. The van der Waals surface area contributed by atoms with Crippen LogP contribution in [0.25, 0.3) is 5.69 Å². The Hall–Kier alpha value is -2.18. The molecule has 1 amide bonds. The molecule has 0 saturated carbocycles. The van der Waals surface area contributed by atoms with Gasteiger partial charge in [-0.25, -0.2) is 4.68 Å². The number of amides is 1. The number of carbonyl (C=O) groups excluding carboxylic acids is 1. The summed E-state index contributed by atoms with van der Waals surface area (Å²) < 4.78 is 1.66. The highest BCUT2D eigenvalue weighted by Crippen LogP contribution is 2.26. The SMILES string of the molecule is Cc1cc(=O)c(C(=O)N2C[C@H]3CNC[C@H]3C2)nn1-c1ccccc1.Cl. The van der Waals surface area contributed by atoms with Gasteiger partial charge in [-0.3, -0.25) is 9.59 Å². The third-order valence-corrected chi connectivity index (χ3v) is 4.99. The normalized spacial score (nSPS) is 21.7. The van der Waals surface area contributed by atoms with Gasteiger partial charge in [0.2, 0.25) is 5.43 Å². The number of aryl methyl sites for hydroxylation is 1. The molecule has 0 spiro atoms. The molecule has 0 unspecified atom stereocenters. The Bertz CT molecular complexity index is 825. The van der Waals surface area contributed by atoms with Crippen LogP contribution in [0.4, 0.5) is 0 Å². The lowest BCUT2D eigenvalue weighted by Crippen LogP contribution is -2.36. The van der Waals surface area contributed by atoms with E-state index in [-0.39, 0.29) is 29.4 Å². The Morgan fingerprint density at radius 3 is 2.44 bits per heavy atom. The first-order chi connectivity index (χ1) is 11.6.